The van der Waals surface area contributed by atoms with Gasteiger partial charge in [0.25, 0.3) is 0 Å². The third kappa shape index (κ3) is 6.80. The molecule has 146 valence electrons. The first-order valence-electron chi connectivity index (χ1n) is 9.35. The van der Waals surface area contributed by atoms with Crippen LogP contribution in [0.3, 0.4) is 0 Å². The fraction of sp³-hybridized carbons (Fsp3) is 0.526. The van der Waals surface area contributed by atoms with Crippen molar-refractivity contribution in [2.24, 2.45) is 0 Å². The summed E-state index contributed by atoms with van der Waals surface area (Å²) < 4.78 is 5.19. The smallest absolute Gasteiger partial charge is 0.338 e. The quantitative estimate of drug-likeness (QED) is 0.508. The van der Waals surface area contributed by atoms with Crippen LogP contribution in [-0.2, 0) is 16.1 Å². The summed E-state index contributed by atoms with van der Waals surface area (Å²) in [5.41, 5.74) is 1.06. The van der Waals surface area contributed by atoms with Crippen LogP contribution in [0.2, 0.25) is 0 Å². The van der Waals surface area contributed by atoms with E-state index in [0.717, 1.165) is 19.3 Å². The normalized spacial score (nSPS) is 10.8. The summed E-state index contributed by atoms with van der Waals surface area (Å²) in [6, 6.07) is 6.84. The van der Waals surface area contributed by atoms with Crippen molar-refractivity contribution < 1.29 is 14.3 Å². The van der Waals surface area contributed by atoms with Gasteiger partial charge in [0, 0.05) is 12.1 Å². The number of carbonyl (C=O) groups is 2. The van der Waals surface area contributed by atoms with Gasteiger partial charge in [0.1, 0.15) is 6.54 Å². The molecule has 2 rings (SSSR count). The molecule has 1 aromatic heterocycles. The van der Waals surface area contributed by atoms with Crippen molar-refractivity contribution in [2.75, 3.05) is 6.54 Å². The van der Waals surface area contributed by atoms with Gasteiger partial charge in [-0.25, -0.2) is 4.79 Å². The van der Waals surface area contributed by atoms with E-state index in [2.05, 4.69) is 27.7 Å². The number of tetrazole rings is 1. The van der Waals surface area contributed by atoms with E-state index in [-0.39, 0.29) is 18.6 Å². The maximum Gasteiger partial charge on any atom is 0.338 e. The molecule has 0 bridgehead atoms. The predicted molar refractivity (Wildman–Crippen MR) is 101 cm³/mol. The van der Waals surface area contributed by atoms with Gasteiger partial charge in [-0.2, -0.15) is 4.80 Å². The Bertz CT molecular complexity index is 757. The van der Waals surface area contributed by atoms with Crippen LogP contribution in [0.4, 0.5) is 0 Å². The molecule has 0 unspecified atom stereocenters. The lowest BCUT2D eigenvalue weighted by Crippen LogP contribution is -2.29. The average molecular weight is 373 g/mol. The highest BCUT2D eigenvalue weighted by atomic mass is 16.5. The molecule has 1 amide bonds. The van der Waals surface area contributed by atoms with Gasteiger partial charge < -0.3 is 10.1 Å². The largest absolute Gasteiger partial charge is 0.459 e. The Morgan fingerprint density at radius 3 is 2.78 bits per heavy atom. The Morgan fingerprint density at radius 1 is 1.22 bits per heavy atom. The molecule has 0 radical (unpaired) electrons. The van der Waals surface area contributed by atoms with Crippen LogP contribution in [-0.4, -0.2) is 44.7 Å². The summed E-state index contributed by atoms with van der Waals surface area (Å²) in [6.07, 6.45) is 4.22. The van der Waals surface area contributed by atoms with Gasteiger partial charge in [-0.1, -0.05) is 38.3 Å². The second kappa shape index (κ2) is 10.4. The molecular weight excluding hydrogens is 346 g/mol. The molecule has 2 aromatic rings. The number of nitrogens with zero attached hydrogens (tertiary/aromatic N) is 4. The van der Waals surface area contributed by atoms with E-state index >= 15 is 0 Å². The molecule has 0 spiro atoms. The molecule has 27 heavy (non-hydrogen) atoms. The number of aromatic nitrogens is 4. The fourth-order valence-electron chi connectivity index (χ4n) is 2.46. The molecule has 1 N–H and O–H groups in total. The monoisotopic (exact) mass is 373 g/mol. The minimum atomic E-state index is -0.401. The highest BCUT2D eigenvalue weighted by Crippen LogP contribution is 2.16. The number of nitrogens with one attached hydrogen (secondary N) is 1. The van der Waals surface area contributed by atoms with Gasteiger partial charge in [-0.05, 0) is 37.6 Å². The second-order valence-electron chi connectivity index (χ2n) is 6.59. The molecular formula is C19H27N5O3. The molecule has 0 atom stereocenters. The Labute approximate surface area is 159 Å². The van der Waals surface area contributed by atoms with Crippen molar-refractivity contribution in [1.82, 2.24) is 25.5 Å². The van der Waals surface area contributed by atoms with Crippen molar-refractivity contribution in [3.8, 4) is 11.4 Å². The van der Waals surface area contributed by atoms with Crippen LogP contribution in [0.15, 0.2) is 24.3 Å². The van der Waals surface area contributed by atoms with Crippen LogP contribution in [0.25, 0.3) is 11.4 Å². The van der Waals surface area contributed by atoms with Gasteiger partial charge in [0.2, 0.25) is 11.7 Å². The fourth-order valence-corrected chi connectivity index (χ4v) is 2.46. The first-order valence-corrected chi connectivity index (χ1v) is 9.35. The molecule has 1 heterocycles. The van der Waals surface area contributed by atoms with Gasteiger partial charge >= 0.3 is 5.97 Å². The lowest BCUT2D eigenvalue weighted by atomic mass is 10.1. The van der Waals surface area contributed by atoms with E-state index in [0.29, 0.717) is 23.5 Å². The van der Waals surface area contributed by atoms with E-state index in [1.165, 1.54) is 11.2 Å². The third-order valence-electron chi connectivity index (χ3n) is 3.79. The summed E-state index contributed by atoms with van der Waals surface area (Å²) in [5.74, 6) is -0.198. The number of benzene rings is 1. The highest BCUT2D eigenvalue weighted by Gasteiger charge is 2.13. The van der Waals surface area contributed by atoms with Gasteiger partial charge in [-0.3, -0.25) is 4.79 Å². The van der Waals surface area contributed by atoms with Crippen LogP contribution in [0, 0.1) is 0 Å². The van der Waals surface area contributed by atoms with E-state index in [1.807, 2.05) is 0 Å². The molecule has 8 heteroatoms. The number of unbranched alkanes of at least 4 members (excludes halogenated alkanes) is 3. The number of carbonyl (C=O) groups excluding carboxylic acids is 2. The van der Waals surface area contributed by atoms with Gasteiger partial charge in [-0.15, -0.1) is 10.2 Å². The first-order chi connectivity index (χ1) is 13.0. The molecule has 1 aromatic carbocycles. The topological polar surface area (TPSA) is 99.0 Å². The summed E-state index contributed by atoms with van der Waals surface area (Å²) in [7, 11) is 0. The summed E-state index contributed by atoms with van der Waals surface area (Å²) >= 11 is 0. The van der Waals surface area contributed by atoms with E-state index < -0.39 is 5.97 Å². The van der Waals surface area contributed by atoms with Crippen molar-refractivity contribution >= 4 is 11.9 Å². The zero-order valence-electron chi connectivity index (χ0n) is 16.1. The van der Waals surface area contributed by atoms with Crippen molar-refractivity contribution in [3.63, 3.8) is 0 Å². The second-order valence-corrected chi connectivity index (χ2v) is 6.59. The predicted octanol–water partition coefficient (Wildman–Crippen LogP) is 2.60. The Hall–Kier alpha value is -2.77. The lowest BCUT2D eigenvalue weighted by molar-refractivity contribution is -0.122. The van der Waals surface area contributed by atoms with Crippen molar-refractivity contribution in [1.29, 1.82) is 0 Å². The van der Waals surface area contributed by atoms with E-state index in [4.69, 9.17) is 4.74 Å². The average Bonchev–Trinajstić information content (AvgIpc) is 3.09. The summed E-state index contributed by atoms with van der Waals surface area (Å²) in [5, 5.41) is 15.0. The number of rotatable bonds is 10. The molecule has 0 saturated carbocycles. The highest BCUT2D eigenvalue weighted by molar-refractivity contribution is 5.90. The molecule has 8 nitrogen and oxygen atoms in total. The molecule has 0 aliphatic rings. The number of amides is 1. The first kappa shape index (κ1) is 20.5. The maximum atomic E-state index is 12.0. The van der Waals surface area contributed by atoms with Crippen LogP contribution < -0.4 is 5.32 Å². The zero-order chi connectivity index (χ0) is 19.6. The molecule has 0 fully saturated rings. The maximum absolute atomic E-state index is 12.0. The zero-order valence-corrected chi connectivity index (χ0v) is 16.1. The van der Waals surface area contributed by atoms with Crippen molar-refractivity contribution in [3.05, 3.63) is 29.8 Å². The lowest BCUT2D eigenvalue weighted by Gasteiger charge is -2.08. The minimum absolute atomic E-state index is 0.00978. The number of ether oxygens (including phenoxy) is 1. The molecule has 0 aliphatic carbocycles. The Balaban J connectivity index is 1.93. The Morgan fingerprint density at radius 2 is 2.04 bits per heavy atom. The van der Waals surface area contributed by atoms with Gasteiger partial charge in [0.05, 0.1) is 11.7 Å². The standard InChI is InChI=1S/C19H27N5O3/c1-4-5-6-7-11-20-17(25)13-24-22-18(21-23-24)15-9-8-10-16(12-15)19(26)27-14(2)3/h8-10,12,14H,4-7,11,13H2,1-3H3,(H,20,25). The third-order valence-corrected chi connectivity index (χ3v) is 3.79. The summed E-state index contributed by atoms with van der Waals surface area (Å²) in [6.45, 7) is 6.40. The minimum Gasteiger partial charge on any atom is -0.459 e. The Kier molecular flexibility index (Phi) is 7.91. The number of esters is 1. The van der Waals surface area contributed by atoms with Crippen LogP contribution in [0.1, 0.15) is 56.8 Å². The van der Waals surface area contributed by atoms with E-state index in [1.54, 1.807) is 38.1 Å². The summed E-state index contributed by atoms with van der Waals surface area (Å²) in [4.78, 5) is 25.2. The van der Waals surface area contributed by atoms with Gasteiger partial charge in [0.15, 0.2) is 0 Å². The van der Waals surface area contributed by atoms with Crippen LogP contribution >= 0.6 is 0 Å². The molecule has 0 aliphatic heterocycles. The molecule has 0 saturated heterocycles. The van der Waals surface area contributed by atoms with Crippen LogP contribution in [0.5, 0.6) is 0 Å². The number of hydrogen-bond acceptors (Lipinski definition) is 6. The van der Waals surface area contributed by atoms with Crippen molar-refractivity contribution in [2.45, 2.75) is 59.1 Å². The number of hydrogen-bond donors (Lipinski definition) is 1. The SMILES string of the molecule is CCCCCCNC(=O)Cn1nnc(-c2cccc(C(=O)OC(C)C)c2)n1. The van der Waals surface area contributed by atoms with E-state index in [9.17, 15) is 9.59 Å².